The number of nitrogens with one attached hydrogen (secondary N) is 1. The Morgan fingerprint density at radius 1 is 1.24 bits per heavy atom. The number of rotatable bonds is 8. The molecule has 0 aromatic heterocycles. The Bertz CT molecular complexity index is 419. The molecular formula is C18H29NO2. The molecule has 1 fully saturated rings. The molecule has 1 aliphatic heterocycles. The summed E-state index contributed by atoms with van der Waals surface area (Å²) in [5, 5.41) is 3.43. The Balaban J connectivity index is 1.77. The van der Waals surface area contributed by atoms with Crippen LogP contribution in [-0.2, 0) is 4.74 Å². The van der Waals surface area contributed by atoms with Crippen molar-refractivity contribution in [1.29, 1.82) is 0 Å². The molecule has 1 N–H and O–H groups in total. The number of para-hydroxylation sites is 1. The maximum Gasteiger partial charge on any atom is 0.122 e. The molecule has 21 heavy (non-hydrogen) atoms. The van der Waals surface area contributed by atoms with Gasteiger partial charge in [0.15, 0.2) is 0 Å². The van der Waals surface area contributed by atoms with Gasteiger partial charge >= 0.3 is 0 Å². The molecule has 3 nitrogen and oxygen atoms in total. The van der Waals surface area contributed by atoms with E-state index in [1.165, 1.54) is 12.0 Å². The minimum atomic E-state index is 0.235. The van der Waals surface area contributed by atoms with E-state index in [0.29, 0.717) is 18.6 Å². The van der Waals surface area contributed by atoms with Gasteiger partial charge in [-0.25, -0.2) is 0 Å². The third-order valence-corrected chi connectivity index (χ3v) is 3.96. The smallest absolute Gasteiger partial charge is 0.122 e. The number of hydrogen-bond donors (Lipinski definition) is 1. The Kier molecular flexibility index (Phi) is 6.52. The fourth-order valence-corrected chi connectivity index (χ4v) is 2.76. The zero-order valence-corrected chi connectivity index (χ0v) is 13.6. The van der Waals surface area contributed by atoms with E-state index in [1.54, 1.807) is 0 Å². The molecule has 0 spiro atoms. The molecule has 2 rings (SSSR count). The molecule has 0 radical (unpaired) electrons. The normalized spacial score (nSPS) is 21.9. The van der Waals surface area contributed by atoms with Crippen molar-refractivity contribution in [3.8, 4) is 5.75 Å². The molecule has 3 heteroatoms. The highest BCUT2D eigenvalue weighted by Crippen LogP contribution is 2.27. The Morgan fingerprint density at radius 2 is 2.00 bits per heavy atom. The fourth-order valence-electron chi connectivity index (χ4n) is 2.76. The summed E-state index contributed by atoms with van der Waals surface area (Å²) in [6.45, 7) is 9.28. The van der Waals surface area contributed by atoms with Crippen molar-refractivity contribution in [1.82, 2.24) is 5.32 Å². The second-order valence-electron chi connectivity index (χ2n) is 6.17. The first-order chi connectivity index (χ1) is 10.2. The molecule has 1 aromatic rings. The van der Waals surface area contributed by atoms with Crippen LogP contribution in [0.25, 0.3) is 0 Å². The first-order valence-electron chi connectivity index (χ1n) is 8.28. The molecule has 2 atom stereocenters. The standard InChI is InChI=1S/C18H29NO2/c1-4-11-19-12-15-9-10-16(21-15)13-20-18-8-6-5-7-17(18)14(2)3/h5-8,14-16,19H,4,9-13H2,1-3H3. The number of hydrogen-bond acceptors (Lipinski definition) is 3. The van der Waals surface area contributed by atoms with Crippen LogP contribution in [0.4, 0.5) is 0 Å². The van der Waals surface area contributed by atoms with Gasteiger partial charge in [0.05, 0.1) is 12.2 Å². The van der Waals surface area contributed by atoms with Gasteiger partial charge in [-0.2, -0.15) is 0 Å². The van der Waals surface area contributed by atoms with E-state index in [2.05, 4.69) is 44.3 Å². The third-order valence-electron chi connectivity index (χ3n) is 3.96. The van der Waals surface area contributed by atoms with Crippen LogP contribution in [0, 0.1) is 0 Å². The van der Waals surface area contributed by atoms with E-state index in [9.17, 15) is 0 Å². The minimum Gasteiger partial charge on any atom is -0.491 e. The first kappa shape index (κ1) is 16.3. The van der Waals surface area contributed by atoms with Gasteiger partial charge in [0.2, 0.25) is 0 Å². The number of ether oxygens (including phenoxy) is 2. The summed E-state index contributed by atoms with van der Waals surface area (Å²) < 4.78 is 12.1. The van der Waals surface area contributed by atoms with E-state index < -0.39 is 0 Å². The van der Waals surface area contributed by atoms with E-state index in [1.807, 2.05) is 6.07 Å². The lowest BCUT2D eigenvalue weighted by Gasteiger charge is -2.17. The lowest BCUT2D eigenvalue weighted by atomic mass is 10.0. The summed E-state index contributed by atoms with van der Waals surface area (Å²) in [4.78, 5) is 0. The quantitative estimate of drug-likeness (QED) is 0.740. The first-order valence-corrected chi connectivity index (χ1v) is 8.28. The Labute approximate surface area is 129 Å². The summed E-state index contributed by atoms with van der Waals surface area (Å²) in [5.74, 6) is 1.49. The average molecular weight is 291 g/mol. The van der Waals surface area contributed by atoms with Crippen molar-refractivity contribution in [3.63, 3.8) is 0 Å². The van der Waals surface area contributed by atoms with Crippen molar-refractivity contribution in [2.45, 2.75) is 58.2 Å². The molecule has 1 heterocycles. The van der Waals surface area contributed by atoms with Gasteiger partial charge in [0.25, 0.3) is 0 Å². The lowest BCUT2D eigenvalue weighted by Crippen LogP contribution is -2.28. The van der Waals surface area contributed by atoms with Gasteiger partial charge < -0.3 is 14.8 Å². The van der Waals surface area contributed by atoms with Crippen LogP contribution in [0.3, 0.4) is 0 Å². The molecule has 0 bridgehead atoms. The van der Waals surface area contributed by atoms with Crippen molar-refractivity contribution in [3.05, 3.63) is 29.8 Å². The molecular weight excluding hydrogens is 262 g/mol. The fraction of sp³-hybridized carbons (Fsp3) is 0.667. The van der Waals surface area contributed by atoms with Crippen molar-refractivity contribution < 1.29 is 9.47 Å². The van der Waals surface area contributed by atoms with E-state index in [0.717, 1.165) is 31.7 Å². The predicted octanol–water partition coefficient (Wildman–Crippen LogP) is 3.74. The minimum absolute atomic E-state index is 0.235. The van der Waals surface area contributed by atoms with Gasteiger partial charge in [0.1, 0.15) is 12.4 Å². The van der Waals surface area contributed by atoms with Gasteiger partial charge in [-0.3, -0.25) is 0 Å². The van der Waals surface area contributed by atoms with E-state index in [4.69, 9.17) is 9.47 Å². The summed E-state index contributed by atoms with van der Waals surface area (Å²) in [6.07, 6.45) is 3.99. The molecule has 1 saturated heterocycles. The lowest BCUT2D eigenvalue weighted by molar-refractivity contribution is 0.0184. The van der Waals surface area contributed by atoms with Gasteiger partial charge in [-0.05, 0) is 43.4 Å². The van der Waals surface area contributed by atoms with Crippen LogP contribution >= 0.6 is 0 Å². The summed E-state index contributed by atoms with van der Waals surface area (Å²) in [7, 11) is 0. The molecule has 118 valence electrons. The van der Waals surface area contributed by atoms with Crippen LogP contribution in [-0.4, -0.2) is 31.9 Å². The third kappa shape index (κ3) is 5.01. The zero-order chi connectivity index (χ0) is 15.1. The van der Waals surface area contributed by atoms with Crippen molar-refractivity contribution in [2.24, 2.45) is 0 Å². The largest absolute Gasteiger partial charge is 0.491 e. The highest BCUT2D eigenvalue weighted by molar-refractivity contribution is 5.35. The molecule has 0 saturated carbocycles. The van der Waals surface area contributed by atoms with Crippen LogP contribution in [0.1, 0.15) is 51.5 Å². The van der Waals surface area contributed by atoms with E-state index in [-0.39, 0.29) is 6.10 Å². The topological polar surface area (TPSA) is 30.5 Å². The van der Waals surface area contributed by atoms with Crippen LogP contribution in [0.2, 0.25) is 0 Å². The second-order valence-corrected chi connectivity index (χ2v) is 6.17. The maximum absolute atomic E-state index is 6.04. The Hall–Kier alpha value is -1.06. The van der Waals surface area contributed by atoms with Gasteiger partial charge in [-0.1, -0.05) is 39.0 Å². The Morgan fingerprint density at radius 3 is 2.76 bits per heavy atom. The van der Waals surface area contributed by atoms with Crippen LogP contribution in [0.15, 0.2) is 24.3 Å². The molecule has 1 aliphatic rings. The highest BCUT2D eigenvalue weighted by atomic mass is 16.5. The zero-order valence-electron chi connectivity index (χ0n) is 13.6. The summed E-state index contributed by atoms with van der Waals surface area (Å²) >= 11 is 0. The van der Waals surface area contributed by atoms with Crippen LogP contribution in [0.5, 0.6) is 5.75 Å². The van der Waals surface area contributed by atoms with E-state index >= 15 is 0 Å². The van der Waals surface area contributed by atoms with Gasteiger partial charge in [-0.15, -0.1) is 0 Å². The number of benzene rings is 1. The van der Waals surface area contributed by atoms with Gasteiger partial charge in [0, 0.05) is 6.54 Å². The molecule has 1 aromatic carbocycles. The maximum atomic E-state index is 6.04. The molecule has 0 amide bonds. The average Bonchev–Trinajstić information content (AvgIpc) is 2.93. The summed E-state index contributed by atoms with van der Waals surface area (Å²) in [5.41, 5.74) is 1.27. The van der Waals surface area contributed by atoms with Crippen LogP contribution < -0.4 is 10.1 Å². The summed E-state index contributed by atoms with van der Waals surface area (Å²) in [6, 6.07) is 8.31. The highest BCUT2D eigenvalue weighted by Gasteiger charge is 2.25. The SMILES string of the molecule is CCCNCC1CCC(COc2ccccc2C(C)C)O1. The predicted molar refractivity (Wildman–Crippen MR) is 87.1 cm³/mol. The van der Waals surface area contributed by atoms with Crippen molar-refractivity contribution in [2.75, 3.05) is 19.7 Å². The van der Waals surface area contributed by atoms with Crippen molar-refractivity contribution >= 4 is 0 Å². The second kappa shape index (κ2) is 8.40. The monoisotopic (exact) mass is 291 g/mol. The molecule has 0 aliphatic carbocycles. The molecule has 2 unspecified atom stereocenters.